The van der Waals surface area contributed by atoms with E-state index in [1.807, 2.05) is 0 Å². The summed E-state index contributed by atoms with van der Waals surface area (Å²) < 4.78 is 41.2. The molecule has 15 heteroatoms. The van der Waals surface area contributed by atoms with Gasteiger partial charge in [-0.25, -0.2) is 0 Å². The summed E-state index contributed by atoms with van der Waals surface area (Å²) in [7, 11) is 0. The van der Waals surface area contributed by atoms with E-state index in [1.165, 1.54) is 23.5 Å². The van der Waals surface area contributed by atoms with Gasteiger partial charge >= 0.3 is 6.36 Å². The number of carbonyl (C=O) groups is 2. The lowest BCUT2D eigenvalue weighted by atomic mass is 9.98. The van der Waals surface area contributed by atoms with Crippen LogP contribution >= 0.6 is 11.3 Å². The quantitative estimate of drug-likeness (QED) is 0.249. The molecule has 1 aliphatic heterocycles. The fourth-order valence-electron chi connectivity index (χ4n) is 4.55. The third kappa shape index (κ3) is 8.23. The maximum Gasteiger partial charge on any atom is 0.573 e. The molecule has 2 aromatic carbocycles. The number of halogens is 3. The van der Waals surface area contributed by atoms with E-state index in [9.17, 15) is 27.9 Å². The average Bonchev–Trinajstić information content (AvgIpc) is 3.45. The summed E-state index contributed by atoms with van der Waals surface area (Å²) >= 11 is 1.28. The van der Waals surface area contributed by atoms with Gasteiger partial charge in [0.2, 0.25) is 11.0 Å². The van der Waals surface area contributed by atoms with Gasteiger partial charge in [-0.05, 0) is 48.2 Å². The van der Waals surface area contributed by atoms with Crippen LogP contribution in [-0.2, 0) is 16.0 Å². The molecule has 0 spiro atoms. The molecule has 11 nitrogen and oxygen atoms in total. The Morgan fingerprint density at radius 1 is 0.977 bits per heavy atom. The van der Waals surface area contributed by atoms with Crippen LogP contribution < -0.4 is 20.3 Å². The standard InChI is InChI=1S/C28H26F3N7O4S/c29-28(30,31)42-20-8-4-5-17(15-20)16-23(39)32-21-9-10-22(35-34-21)38-13-11-19(12-14-38)26-36-37-27(43-26)33-25(41)24(40)18-6-2-1-3-7-18/h1-10,15,19,24,40H,11-14,16H2,(H,32,34,39)(H,33,37,41). The summed E-state index contributed by atoms with van der Waals surface area (Å²) in [6.07, 6.45) is -4.76. The van der Waals surface area contributed by atoms with Gasteiger partial charge in [-0.3, -0.25) is 14.9 Å². The maximum absolute atomic E-state index is 12.4. The van der Waals surface area contributed by atoms with Crippen LogP contribution in [0.2, 0.25) is 0 Å². The molecule has 2 aromatic heterocycles. The predicted octanol–water partition coefficient (Wildman–Crippen LogP) is 4.46. The molecule has 1 aliphatic rings. The summed E-state index contributed by atoms with van der Waals surface area (Å²) in [6.45, 7) is 1.35. The van der Waals surface area contributed by atoms with E-state index >= 15 is 0 Å². The van der Waals surface area contributed by atoms with E-state index < -0.39 is 30.0 Å². The van der Waals surface area contributed by atoms with Gasteiger partial charge in [0.25, 0.3) is 5.91 Å². The van der Waals surface area contributed by atoms with Gasteiger partial charge in [0.15, 0.2) is 17.7 Å². The molecule has 1 saturated heterocycles. The topological polar surface area (TPSA) is 142 Å². The van der Waals surface area contributed by atoms with Gasteiger partial charge < -0.3 is 20.1 Å². The fraction of sp³-hybridized carbons (Fsp3) is 0.286. The van der Waals surface area contributed by atoms with E-state index in [1.54, 1.807) is 42.5 Å². The molecular formula is C28H26F3N7O4S. The number of carbonyl (C=O) groups excluding carboxylic acids is 2. The zero-order chi connectivity index (χ0) is 30.4. The molecule has 1 fully saturated rings. The highest BCUT2D eigenvalue weighted by Crippen LogP contribution is 2.33. The van der Waals surface area contributed by atoms with Gasteiger partial charge in [-0.2, -0.15) is 0 Å². The lowest BCUT2D eigenvalue weighted by molar-refractivity contribution is -0.274. The highest BCUT2D eigenvalue weighted by atomic mass is 32.1. The van der Waals surface area contributed by atoms with Gasteiger partial charge in [0, 0.05) is 19.0 Å². The molecule has 43 heavy (non-hydrogen) atoms. The number of benzene rings is 2. The van der Waals surface area contributed by atoms with E-state index in [4.69, 9.17) is 0 Å². The highest BCUT2D eigenvalue weighted by molar-refractivity contribution is 7.15. The Bertz CT molecular complexity index is 1550. The molecule has 1 atom stereocenters. The number of piperidine rings is 1. The van der Waals surface area contributed by atoms with Crippen molar-refractivity contribution in [3.05, 3.63) is 82.9 Å². The lowest BCUT2D eigenvalue weighted by Crippen LogP contribution is -2.33. The molecule has 1 unspecified atom stereocenters. The Labute approximate surface area is 247 Å². The Kier molecular flexibility index (Phi) is 9.11. The van der Waals surface area contributed by atoms with Crippen LogP contribution in [-0.4, -0.2) is 56.8 Å². The van der Waals surface area contributed by atoms with Crippen LogP contribution in [0.3, 0.4) is 0 Å². The highest BCUT2D eigenvalue weighted by Gasteiger charge is 2.31. The second kappa shape index (κ2) is 13.1. The third-order valence-electron chi connectivity index (χ3n) is 6.62. The van der Waals surface area contributed by atoms with Crippen LogP contribution in [0.5, 0.6) is 5.75 Å². The number of aromatic nitrogens is 4. The number of nitrogens with zero attached hydrogens (tertiary/aromatic N) is 5. The second-order valence-corrected chi connectivity index (χ2v) is 10.7. The Morgan fingerprint density at radius 3 is 2.44 bits per heavy atom. The van der Waals surface area contributed by atoms with Gasteiger partial charge in [0.1, 0.15) is 10.8 Å². The molecule has 3 heterocycles. The smallest absolute Gasteiger partial charge is 0.406 e. The SMILES string of the molecule is O=C(Cc1cccc(OC(F)(F)F)c1)Nc1ccc(N2CCC(c3nnc(NC(=O)C(O)c4ccccc4)s3)CC2)nn1. The maximum atomic E-state index is 12.4. The minimum Gasteiger partial charge on any atom is -0.406 e. The van der Waals surface area contributed by atoms with Crippen molar-refractivity contribution in [2.75, 3.05) is 28.6 Å². The first-order valence-electron chi connectivity index (χ1n) is 13.2. The first-order chi connectivity index (χ1) is 20.6. The number of hydrogen-bond donors (Lipinski definition) is 3. The number of rotatable bonds is 9. The number of aliphatic hydroxyl groups excluding tert-OH is 1. The summed E-state index contributed by atoms with van der Waals surface area (Å²) in [5.74, 6) is -0.450. The molecule has 0 saturated carbocycles. The number of anilines is 3. The minimum atomic E-state index is -4.82. The largest absolute Gasteiger partial charge is 0.573 e. The van der Waals surface area contributed by atoms with E-state index in [-0.39, 0.29) is 18.2 Å². The van der Waals surface area contributed by atoms with Crippen molar-refractivity contribution < 1.29 is 32.6 Å². The van der Waals surface area contributed by atoms with Crippen LogP contribution in [0.1, 0.15) is 41.0 Å². The Morgan fingerprint density at radius 2 is 1.74 bits per heavy atom. The number of ether oxygens (including phenoxy) is 1. The van der Waals surface area contributed by atoms with Gasteiger partial charge in [-0.1, -0.05) is 53.8 Å². The van der Waals surface area contributed by atoms with E-state index in [2.05, 4.69) is 40.7 Å². The zero-order valence-corrected chi connectivity index (χ0v) is 23.3. The van der Waals surface area contributed by atoms with Gasteiger partial charge in [0.05, 0.1) is 6.42 Å². The third-order valence-corrected chi connectivity index (χ3v) is 7.62. The van der Waals surface area contributed by atoms with E-state index in [0.717, 1.165) is 30.0 Å². The summed E-state index contributed by atoms with van der Waals surface area (Å²) in [5.41, 5.74) is 0.834. The molecule has 0 aliphatic carbocycles. The summed E-state index contributed by atoms with van der Waals surface area (Å²) in [5, 5.41) is 33.2. The van der Waals surface area contributed by atoms with Crippen molar-refractivity contribution in [2.45, 2.75) is 37.6 Å². The van der Waals surface area contributed by atoms with Crippen molar-refractivity contribution in [1.29, 1.82) is 0 Å². The van der Waals surface area contributed by atoms with Crippen molar-refractivity contribution in [2.24, 2.45) is 0 Å². The van der Waals surface area contributed by atoms with Crippen LogP contribution in [0.25, 0.3) is 0 Å². The van der Waals surface area contributed by atoms with Crippen molar-refractivity contribution in [3.63, 3.8) is 0 Å². The van der Waals surface area contributed by atoms with Crippen molar-refractivity contribution >= 4 is 39.9 Å². The number of aliphatic hydroxyl groups is 1. The summed E-state index contributed by atoms with van der Waals surface area (Å²) in [4.78, 5) is 26.9. The molecule has 3 N–H and O–H groups in total. The monoisotopic (exact) mass is 613 g/mol. The Hall–Kier alpha value is -4.63. The van der Waals surface area contributed by atoms with Crippen LogP contribution in [0.15, 0.2) is 66.7 Å². The molecule has 2 amide bonds. The predicted molar refractivity (Wildman–Crippen MR) is 152 cm³/mol. The molecular weight excluding hydrogens is 587 g/mol. The number of amides is 2. The second-order valence-electron chi connectivity index (χ2n) is 9.71. The van der Waals surface area contributed by atoms with Crippen LogP contribution in [0.4, 0.5) is 29.9 Å². The summed E-state index contributed by atoms with van der Waals surface area (Å²) in [6, 6.07) is 17.2. The normalized spacial score (nSPS) is 14.7. The van der Waals surface area contributed by atoms with Crippen molar-refractivity contribution in [1.82, 2.24) is 20.4 Å². The Balaban J connectivity index is 1.09. The number of hydrogen-bond acceptors (Lipinski definition) is 10. The average molecular weight is 614 g/mol. The minimum absolute atomic E-state index is 0.144. The molecule has 0 bridgehead atoms. The number of nitrogens with one attached hydrogen (secondary N) is 2. The lowest BCUT2D eigenvalue weighted by Gasteiger charge is -2.31. The molecule has 0 radical (unpaired) electrons. The number of alkyl halides is 3. The first kappa shape index (κ1) is 29.8. The molecule has 224 valence electrons. The molecule has 4 aromatic rings. The van der Waals surface area contributed by atoms with E-state index in [0.29, 0.717) is 35.2 Å². The van der Waals surface area contributed by atoms with Crippen LogP contribution in [0, 0.1) is 0 Å². The fourth-order valence-corrected chi connectivity index (χ4v) is 5.47. The first-order valence-corrected chi connectivity index (χ1v) is 14.0. The van der Waals surface area contributed by atoms with Gasteiger partial charge in [-0.15, -0.1) is 33.6 Å². The molecule has 5 rings (SSSR count). The zero-order valence-electron chi connectivity index (χ0n) is 22.5. The van der Waals surface area contributed by atoms with Crippen molar-refractivity contribution in [3.8, 4) is 5.75 Å².